The monoisotopic (exact) mass is 352 g/mol. The van der Waals surface area contributed by atoms with Gasteiger partial charge in [-0.05, 0) is 42.2 Å². The molecule has 128 valence electrons. The van der Waals surface area contributed by atoms with E-state index >= 15 is 0 Å². The maximum absolute atomic E-state index is 6.41. The predicted octanol–water partition coefficient (Wildman–Crippen LogP) is 4.90. The van der Waals surface area contributed by atoms with Crippen LogP contribution in [0.2, 0.25) is 5.02 Å². The number of hydrogen-bond donors (Lipinski definition) is 0. The summed E-state index contributed by atoms with van der Waals surface area (Å²) in [6.07, 6.45) is 7.42. The summed E-state index contributed by atoms with van der Waals surface area (Å²) in [5.74, 6) is 0. The molecule has 1 unspecified atom stereocenters. The van der Waals surface area contributed by atoms with Gasteiger partial charge in [-0.2, -0.15) is 0 Å². The lowest BCUT2D eigenvalue weighted by Crippen LogP contribution is -2.30. The van der Waals surface area contributed by atoms with Crippen molar-refractivity contribution in [3.63, 3.8) is 0 Å². The normalized spacial score (nSPS) is 19.1. The van der Waals surface area contributed by atoms with Gasteiger partial charge >= 0.3 is 0 Å². The first-order chi connectivity index (χ1) is 12.1. The minimum absolute atomic E-state index is 0.320. The van der Waals surface area contributed by atoms with Crippen LogP contribution in [0.15, 0.2) is 61.2 Å². The van der Waals surface area contributed by atoms with Crippen LogP contribution in [0.5, 0.6) is 0 Å². The topological polar surface area (TPSA) is 27.1 Å². The van der Waals surface area contributed by atoms with Crippen molar-refractivity contribution in [1.29, 1.82) is 0 Å². The molecule has 2 heterocycles. The summed E-state index contributed by atoms with van der Waals surface area (Å²) in [7, 11) is 0. The highest BCUT2D eigenvalue weighted by Crippen LogP contribution is 2.43. The molecule has 4 heteroatoms. The van der Waals surface area contributed by atoms with E-state index in [9.17, 15) is 0 Å². The van der Waals surface area contributed by atoms with E-state index in [4.69, 9.17) is 16.3 Å². The molecule has 0 spiro atoms. The van der Waals surface area contributed by atoms with E-state index in [0.29, 0.717) is 6.61 Å². The van der Waals surface area contributed by atoms with Crippen molar-refractivity contribution in [3.05, 3.63) is 88.5 Å². The predicted molar refractivity (Wildman–Crippen MR) is 99.6 cm³/mol. The van der Waals surface area contributed by atoms with E-state index in [0.717, 1.165) is 24.4 Å². The number of benzene rings is 2. The van der Waals surface area contributed by atoms with Crippen molar-refractivity contribution < 1.29 is 4.74 Å². The molecule has 25 heavy (non-hydrogen) atoms. The zero-order valence-corrected chi connectivity index (χ0v) is 15.0. The van der Waals surface area contributed by atoms with Crippen molar-refractivity contribution in [2.24, 2.45) is 0 Å². The third kappa shape index (κ3) is 3.35. The number of halogens is 1. The highest BCUT2D eigenvalue weighted by atomic mass is 35.5. The van der Waals surface area contributed by atoms with Gasteiger partial charge in [0.2, 0.25) is 0 Å². The van der Waals surface area contributed by atoms with Crippen LogP contribution in [0, 0.1) is 6.92 Å². The summed E-state index contributed by atoms with van der Waals surface area (Å²) in [6.45, 7) is 3.60. The molecular weight excluding hydrogens is 332 g/mol. The Hall–Kier alpha value is -2.10. The number of nitrogens with zero attached hydrogens (tertiary/aromatic N) is 2. The molecule has 0 saturated heterocycles. The Morgan fingerprint density at radius 3 is 2.80 bits per heavy atom. The minimum atomic E-state index is -0.320. The van der Waals surface area contributed by atoms with E-state index in [1.807, 2.05) is 30.9 Å². The summed E-state index contributed by atoms with van der Waals surface area (Å²) >= 11 is 6.18. The second kappa shape index (κ2) is 6.66. The van der Waals surface area contributed by atoms with E-state index in [2.05, 4.69) is 46.8 Å². The van der Waals surface area contributed by atoms with Crippen LogP contribution < -0.4 is 0 Å². The van der Waals surface area contributed by atoms with Crippen LogP contribution in [-0.4, -0.2) is 9.55 Å². The number of hydrogen-bond acceptors (Lipinski definition) is 2. The Labute approximate surface area is 153 Å². The van der Waals surface area contributed by atoms with E-state index in [1.54, 1.807) is 0 Å². The van der Waals surface area contributed by atoms with Crippen molar-refractivity contribution in [3.8, 4) is 0 Å². The number of rotatable bonds is 5. The van der Waals surface area contributed by atoms with Gasteiger partial charge in [0.05, 0.1) is 18.5 Å². The molecule has 0 amide bonds. The van der Waals surface area contributed by atoms with Crippen LogP contribution in [0.1, 0.15) is 28.7 Å². The van der Waals surface area contributed by atoms with Crippen molar-refractivity contribution in [1.82, 2.24) is 9.55 Å². The Morgan fingerprint density at radius 2 is 2.04 bits per heavy atom. The van der Waals surface area contributed by atoms with Gasteiger partial charge in [-0.1, -0.05) is 47.5 Å². The smallest absolute Gasteiger partial charge is 0.0996 e. The van der Waals surface area contributed by atoms with Crippen LogP contribution in [-0.2, 0) is 29.9 Å². The second-order valence-corrected chi connectivity index (χ2v) is 7.23. The molecule has 1 aliphatic rings. The van der Waals surface area contributed by atoms with Crippen LogP contribution in [0.4, 0.5) is 0 Å². The average molecular weight is 353 g/mol. The fourth-order valence-corrected chi connectivity index (χ4v) is 3.82. The van der Waals surface area contributed by atoms with Crippen molar-refractivity contribution in [2.45, 2.75) is 38.5 Å². The number of imidazole rings is 1. The lowest BCUT2D eigenvalue weighted by atomic mass is 9.83. The first kappa shape index (κ1) is 16.4. The minimum Gasteiger partial charge on any atom is -0.365 e. The summed E-state index contributed by atoms with van der Waals surface area (Å²) in [6, 6.07) is 14.9. The molecule has 1 aliphatic heterocycles. The van der Waals surface area contributed by atoms with Gasteiger partial charge in [0, 0.05) is 30.4 Å². The van der Waals surface area contributed by atoms with Gasteiger partial charge in [0.25, 0.3) is 0 Å². The highest BCUT2D eigenvalue weighted by Gasteiger charge is 2.40. The first-order valence-electron chi connectivity index (χ1n) is 8.59. The summed E-state index contributed by atoms with van der Waals surface area (Å²) in [5.41, 5.74) is 4.71. The molecule has 1 atom stereocenters. The molecule has 3 nitrogen and oxygen atoms in total. The van der Waals surface area contributed by atoms with Crippen LogP contribution in [0.3, 0.4) is 0 Å². The van der Waals surface area contributed by atoms with Crippen molar-refractivity contribution in [2.75, 3.05) is 0 Å². The Balaban J connectivity index is 1.67. The van der Waals surface area contributed by atoms with Gasteiger partial charge in [-0.15, -0.1) is 0 Å². The molecule has 2 aromatic carbocycles. The lowest BCUT2D eigenvalue weighted by Gasteiger charge is -2.30. The Morgan fingerprint density at radius 1 is 1.20 bits per heavy atom. The van der Waals surface area contributed by atoms with Crippen molar-refractivity contribution >= 4 is 11.6 Å². The van der Waals surface area contributed by atoms with Crippen LogP contribution >= 0.6 is 11.6 Å². The lowest BCUT2D eigenvalue weighted by molar-refractivity contribution is -0.0471. The standard InChI is InChI=1S/C21H21ClN2O/c1-16-2-4-17(5-3-16)13-21(8-10-24-11-9-23-15-24)20-7-6-19(22)12-18(20)14-25-21/h2-7,9,11-12,15H,8,10,13-14H2,1H3. The maximum atomic E-state index is 6.41. The molecule has 4 rings (SSSR count). The van der Waals surface area contributed by atoms with E-state index in [-0.39, 0.29) is 5.60 Å². The van der Waals surface area contributed by atoms with E-state index < -0.39 is 0 Å². The number of fused-ring (bicyclic) bond motifs is 1. The fraction of sp³-hybridized carbons (Fsp3) is 0.286. The average Bonchev–Trinajstić information content (AvgIpc) is 3.24. The zero-order valence-electron chi connectivity index (χ0n) is 14.3. The first-order valence-corrected chi connectivity index (χ1v) is 8.97. The van der Waals surface area contributed by atoms with Gasteiger partial charge < -0.3 is 9.30 Å². The maximum Gasteiger partial charge on any atom is 0.0996 e. The van der Waals surface area contributed by atoms with Crippen LogP contribution in [0.25, 0.3) is 0 Å². The molecular formula is C21H21ClN2O. The van der Waals surface area contributed by atoms with Gasteiger partial charge in [0.15, 0.2) is 0 Å². The number of aryl methyl sites for hydroxylation is 2. The Bertz CT molecular complexity index is 858. The third-order valence-corrected chi connectivity index (χ3v) is 5.24. The molecule has 1 aromatic heterocycles. The molecule has 3 aromatic rings. The summed E-state index contributed by atoms with van der Waals surface area (Å²) in [5, 5.41) is 0.767. The summed E-state index contributed by atoms with van der Waals surface area (Å²) < 4.78 is 8.51. The molecule has 0 bridgehead atoms. The third-order valence-electron chi connectivity index (χ3n) is 5.01. The molecule has 0 N–H and O–H groups in total. The molecule has 0 radical (unpaired) electrons. The quantitative estimate of drug-likeness (QED) is 0.652. The van der Waals surface area contributed by atoms with Gasteiger partial charge in [0.1, 0.15) is 0 Å². The van der Waals surface area contributed by atoms with Gasteiger partial charge in [-0.3, -0.25) is 0 Å². The number of ether oxygens (including phenoxy) is 1. The number of aromatic nitrogens is 2. The van der Waals surface area contributed by atoms with Gasteiger partial charge in [-0.25, -0.2) is 4.98 Å². The summed E-state index contributed by atoms with van der Waals surface area (Å²) in [4.78, 5) is 4.14. The zero-order chi connectivity index (χ0) is 17.3. The highest BCUT2D eigenvalue weighted by molar-refractivity contribution is 6.30. The second-order valence-electron chi connectivity index (χ2n) is 6.80. The largest absolute Gasteiger partial charge is 0.365 e. The van der Waals surface area contributed by atoms with E-state index in [1.165, 1.54) is 22.3 Å². The molecule has 0 aliphatic carbocycles. The molecule has 0 saturated carbocycles. The SMILES string of the molecule is Cc1ccc(CC2(CCn3ccnc3)OCc3cc(Cl)ccc32)cc1. The fourth-order valence-electron chi connectivity index (χ4n) is 3.63. The molecule has 0 fully saturated rings. The Kier molecular flexibility index (Phi) is 4.36.